The average molecular weight is 248 g/mol. The molecule has 1 rings (SSSR count). The zero-order valence-corrected chi connectivity index (χ0v) is 9.63. The van der Waals surface area contributed by atoms with Gasteiger partial charge in [-0.05, 0) is 22.9 Å². The molecule has 0 aromatic carbocycles. The van der Waals surface area contributed by atoms with Gasteiger partial charge in [-0.1, -0.05) is 13.8 Å². The van der Waals surface area contributed by atoms with E-state index in [1.54, 1.807) is 0 Å². The second-order valence-electron chi connectivity index (χ2n) is 1.82. The van der Waals surface area contributed by atoms with Crippen LogP contribution in [0.15, 0.2) is 10.8 Å². The minimum Gasteiger partial charge on any atom is -0.475 e. The van der Waals surface area contributed by atoms with Crippen molar-refractivity contribution in [3.8, 4) is 5.88 Å². The first kappa shape index (κ1) is 12.2. The molecule has 0 bridgehead atoms. The molecule has 1 heterocycles. The van der Waals surface area contributed by atoms with E-state index in [0.717, 1.165) is 0 Å². The van der Waals surface area contributed by atoms with Crippen LogP contribution in [0.2, 0.25) is 0 Å². The van der Waals surface area contributed by atoms with Crippen LogP contribution in [0.25, 0.3) is 0 Å². The van der Waals surface area contributed by atoms with E-state index in [9.17, 15) is 0 Å². The Morgan fingerprint density at radius 2 is 2.15 bits per heavy atom. The van der Waals surface area contributed by atoms with E-state index in [1.165, 1.54) is 6.20 Å². The molecule has 1 aromatic rings. The molecule has 0 fully saturated rings. The number of anilines is 1. The quantitative estimate of drug-likeness (QED) is 0.871. The average Bonchev–Trinajstić information content (AvgIpc) is 2.15. The predicted molar refractivity (Wildman–Crippen MR) is 56.7 cm³/mol. The van der Waals surface area contributed by atoms with Gasteiger partial charge in [0, 0.05) is 0 Å². The Labute approximate surface area is 86.7 Å². The van der Waals surface area contributed by atoms with Crippen molar-refractivity contribution in [1.29, 1.82) is 0 Å². The van der Waals surface area contributed by atoms with Crippen molar-refractivity contribution < 1.29 is 4.74 Å². The highest BCUT2D eigenvalue weighted by Gasteiger charge is 2.02. The molecule has 13 heavy (non-hydrogen) atoms. The van der Waals surface area contributed by atoms with Gasteiger partial charge in [0.05, 0.1) is 12.8 Å². The lowest BCUT2D eigenvalue weighted by Gasteiger charge is -2.03. The summed E-state index contributed by atoms with van der Waals surface area (Å²) >= 11 is 3.16. The number of ether oxygens (including phenoxy) is 1. The van der Waals surface area contributed by atoms with Gasteiger partial charge in [-0.3, -0.25) is 0 Å². The molecule has 0 spiro atoms. The third-order valence-electron chi connectivity index (χ3n) is 1.02. The van der Waals surface area contributed by atoms with Gasteiger partial charge >= 0.3 is 0 Å². The normalized spacial score (nSPS) is 8.62. The van der Waals surface area contributed by atoms with Gasteiger partial charge in [0.15, 0.2) is 5.82 Å². The van der Waals surface area contributed by atoms with Crippen LogP contribution in [0.4, 0.5) is 5.82 Å². The number of hydrogen-bond donors (Lipinski definition) is 1. The third kappa shape index (κ3) is 4.07. The number of nitrogens with zero attached hydrogens (tertiary/aromatic N) is 2. The van der Waals surface area contributed by atoms with Gasteiger partial charge in [0.25, 0.3) is 5.88 Å². The number of nitrogens with two attached hydrogens (primary N) is 1. The summed E-state index contributed by atoms with van der Waals surface area (Å²) in [6.07, 6.45) is 1.53. The molecule has 0 unspecified atom stereocenters. The molecule has 0 aliphatic carbocycles. The lowest BCUT2D eigenvalue weighted by molar-refractivity contribution is 0.327. The molecule has 5 heteroatoms. The molecule has 0 radical (unpaired) electrons. The molecule has 0 amide bonds. The Morgan fingerprint density at radius 1 is 1.54 bits per heavy atom. The van der Waals surface area contributed by atoms with Gasteiger partial charge in [0.2, 0.25) is 0 Å². The Balaban J connectivity index is 0.000000671. The van der Waals surface area contributed by atoms with Crippen LogP contribution in [0, 0.1) is 0 Å². The molecular weight excluding hydrogens is 234 g/mol. The highest BCUT2D eigenvalue weighted by Crippen LogP contribution is 2.17. The van der Waals surface area contributed by atoms with Crippen LogP contribution in [-0.4, -0.2) is 16.6 Å². The maximum atomic E-state index is 5.46. The van der Waals surface area contributed by atoms with E-state index >= 15 is 0 Å². The second kappa shape index (κ2) is 6.65. The minimum atomic E-state index is 0.315. The number of hydrogen-bond acceptors (Lipinski definition) is 4. The fraction of sp³-hybridized carbons (Fsp3) is 0.500. The predicted octanol–water partition coefficient (Wildman–Crippen LogP) is 2.25. The van der Waals surface area contributed by atoms with Crippen LogP contribution in [0.5, 0.6) is 5.88 Å². The van der Waals surface area contributed by atoms with E-state index < -0.39 is 0 Å². The molecule has 0 saturated carbocycles. The van der Waals surface area contributed by atoms with Crippen molar-refractivity contribution in [2.75, 3.05) is 12.3 Å². The molecule has 0 saturated heterocycles. The van der Waals surface area contributed by atoms with Crippen molar-refractivity contribution in [2.24, 2.45) is 0 Å². The van der Waals surface area contributed by atoms with E-state index in [-0.39, 0.29) is 0 Å². The summed E-state index contributed by atoms with van der Waals surface area (Å²) in [7, 11) is 0. The first-order valence-electron chi connectivity index (χ1n) is 4.15. The van der Waals surface area contributed by atoms with Gasteiger partial charge in [0.1, 0.15) is 4.60 Å². The number of halogens is 1. The van der Waals surface area contributed by atoms with Crippen LogP contribution >= 0.6 is 15.9 Å². The van der Waals surface area contributed by atoms with Crippen LogP contribution < -0.4 is 10.5 Å². The minimum absolute atomic E-state index is 0.315. The van der Waals surface area contributed by atoms with Crippen molar-refractivity contribution in [2.45, 2.75) is 20.8 Å². The van der Waals surface area contributed by atoms with E-state index in [2.05, 4.69) is 25.9 Å². The van der Waals surface area contributed by atoms with Crippen LogP contribution in [-0.2, 0) is 0 Å². The Morgan fingerprint density at radius 3 is 2.69 bits per heavy atom. The highest BCUT2D eigenvalue weighted by molar-refractivity contribution is 9.10. The van der Waals surface area contributed by atoms with Gasteiger partial charge in [-0.15, -0.1) is 0 Å². The van der Waals surface area contributed by atoms with E-state index in [1.807, 2.05) is 20.8 Å². The summed E-state index contributed by atoms with van der Waals surface area (Å²) in [5.74, 6) is 0.692. The lowest BCUT2D eigenvalue weighted by atomic mass is 10.6. The number of nitrogen functional groups attached to an aromatic ring is 1. The van der Waals surface area contributed by atoms with E-state index in [4.69, 9.17) is 10.5 Å². The van der Waals surface area contributed by atoms with E-state index in [0.29, 0.717) is 22.9 Å². The largest absolute Gasteiger partial charge is 0.475 e. The zero-order valence-electron chi connectivity index (χ0n) is 8.04. The summed E-state index contributed by atoms with van der Waals surface area (Å²) < 4.78 is 5.71. The molecule has 0 aliphatic rings. The molecule has 0 atom stereocenters. The van der Waals surface area contributed by atoms with Crippen LogP contribution in [0.3, 0.4) is 0 Å². The lowest BCUT2D eigenvalue weighted by Crippen LogP contribution is -2.01. The molecule has 0 aliphatic heterocycles. The summed E-state index contributed by atoms with van der Waals surface area (Å²) in [5.41, 5.74) is 5.46. The Kier molecular flexibility index (Phi) is 6.22. The maximum Gasteiger partial charge on any atom is 0.258 e. The summed E-state index contributed by atoms with van der Waals surface area (Å²) in [5, 5.41) is 0. The first-order valence-corrected chi connectivity index (χ1v) is 4.94. The highest BCUT2D eigenvalue weighted by atomic mass is 79.9. The summed E-state index contributed by atoms with van der Waals surface area (Å²) in [6, 6.07) is 0. The van der Waals surface area contributed by atoms with Gasteiger partial charge in [-0.2, -0.15) is 0 Å². The van der Waals surface area contributed by atoms with Crippen molar-refractivity contribution in [1.82, 2.24) is 9.97 Å². The summed E-state index contributed by atoms with van der Waals surface area (Å²) in [4.78, 5) is 7.81. The van der Waals surface area contributed by atoms with Gasteiger partial charge in [-0.25, -0.2) is 9.97 Å². The van der Waals surface area contributed by atoms with Crippen LogP contribution in [0.1, 0.15) is 20.8 Å². The smallest absolute Gasteiger partial charge is 0.258 e. The third-order valence-corrected chi connectivity index (χ3v) is 1.40. The maximum absolute atomic E-state index is 5.46. The topological polar surface area (TPSA) is 61.0 Å². The first-order chi connectivity index (χ1) is 6.24. The Bertz CT molecular complexity index is 255. The monoisotopic (exact) mass is 247 g/mol. The fourth-order valence-corrected chi connectivity index (χ4v) is 0.868. The molecular formula is C8H14BrN3O. The SMILES string of the molecule is CC.CCOc1nc(Br)cnc1N. The number of rotatable bonds is 2. The molecule has 1 aromatic heterocycles. The van der Waals surface area contributed by atoms with Gasteiger partial charge < -0.3 is 10.5 Å². The standard InChI is InChI=1S/C6H8BrN3O.C2H6/c1-2-11-6-5(8)9-3-4(7)10-6;1-2/h3H,2H2,1H3,(H2,8,9);1-2H3. The Hall–Kier alpha value is -0.840. The zero-order chi connectivity index (χ0) is 10.3. The second-order valence-corrected chi connectivity index (χ2v) is 2.63. The molecule has 2 N–H and O–H groups in total. The van der Waals surface area contributed by atoms with Crippen molar-refractivity contribution >= 4 is 21.7 Å². The fourth-order valence-electron chi connectivity index (χ4n) is 0.604. The van der Waals surface area contributed by atoms with Crippen molar-refractivity contribution in [3.05, 3.63) is 10.8 Å². The number of aromatic nitrogens is 2. The van der Waals surface area contributed by atoms with Crippen molar-refractivity contribution in [3.63, 3.8) is 0 Å². The molecule has 74 valence electrons. The molecule has 4 nitrogen and oxygen atoms in total. The summed E-state index contributed by atoms with van der Waals surface area (Å²) in [6.45, 7) is 6.40.